The van der Waals surface area contributed by atoms with Gasteiger partial charge in [0.1, 0.15) is 5.75 Å². The molecule has 1 aromatic rings. The molecule has 0 aromatic heterocycles. The highest BCUT2D eigenvalue weighted by Gasteiger charge is 2.27. The minimum atomic E-state index is -3.07. The average Bonchev–Trinajstić information content (AvgIpc) is 2.39. The third-order valence-electron chi connectivity index (χ3n) is 3.02. The van der Waals surface area contributed by atoms with E-state index >= 15 is 0 Å². The summed E-state index contributed by atoms with van der Waals surface area (Å²) in [6, 6.07) is 3.70. The lowest BCUT2D eigenvalue weighted by molar-refractivity contribution is -0.147. The van der Waals surface area contributed by atoms with Crippen molar-refractivity contribution < 1.29 is 28.2 Å². The van der Waals surface area contributed by atoms with Crippen LogP contribution in [0, 0.1) is 5.41 Å². The fourth-order valence-corrected chi connectivity index (χ4v) is 1.74. The van der Waals surface area contributed by atoms with E-state index in [9.17, 15) is 18.4 Å². The van der Waals surface area contributed by atoms with Gasteiger partial charge in [-0.2, -0.15) is 8.78 Å². The molecule has 0 bridgehead atoms. The molecule has 1 rings (SSSR count). The second kappa shape index (κ2) is 7.40. The first-order valence-corrected chi connectivity index (χ1v) is 6.77. The van der Waals surface area contributed by atoms with Crippen molar-refractivity contribution in [1.82, 2.24) is 5.32 Å². The van der Waals surface area contributed by atoms with Crippen molar-refractivity contribution >= 4 is 23.5 Å². The number of hydrogen-bond acceptors (Lipinski definition) is 3. The van der Waals surface area contributed by atoms with Gasteiger partial charge in [0.05, 0.1) is 11.0 Å². The van der Waals surface area contributed by atoms with Crippen molar-refractivity contribution in [2.24, 2.45) is 5.41 Å². The molecule has 0 spiro atoms. The van der Waals surface area contributed by atoms with E-state index in [2.05, 4.69) is 10.1 Å². The first kappa shape index (κ1) is 18.2. The Morgan fingerprint density at radius 2 is 2.05 bits per heavy atom. The predicted octanol–water partition coefficient (Wildman–Crippen LogP) is 3.17. The summed E-state index contributed by atoms with van der Waals surface area (Å²) in [6.45, 7) is 0.0376. The van der Waals surface area contributed by atoms with Gasteiger partial charge in [0, 0.05) is 11.6 Å². The zero-order valence-corrected chi connectivity index (χ0v) is 12.8. The van der Waals surface area contributed by atoms with E-state index < -0.39 is 23.9 Å². The van der Waals surface area contributed by atoms with Gasteiger partial charge in [0.25, 0.3) is 5.91 Å². The number of ether oxygens (including phenoxy) is 1. The third kappa shape index (κ3) is 5.14. The SMILES string of the molecule is CC(C)(CCNC(=O)c1cc(Cl)ccc1OC(F)F)C(=O)O. The summed E-state index contributed by atoms with van der Waals surface area (Å²) in [5.74, 6) is -1.96. The number of benzene rings is 1. The molecule has 0 fully saturated rings. The molecule has 0 heterocycles. The lowest BCUT2D eigenvalue weighted by Gasteiger charge is -2.19. The highest BCUT2D eigenvalue weighted by Crippen LogP contribution is 2.25. The van der Waals surface area contributed by atoms with Gasteiger partial charge < -0.3 is 15.2 Å². The van der Waals surface area contributed by atoms with Crippen molar-refractivity contribution in [2.75, 3.05) is 6.54 Å². The molecule has 0 saturated heterocycles. The average molecular weight is 336 g/mol. The van der Waals surface area contributed by atoms with Crippen molar-refractivity contribution in [3.05, 3.63) is 28.8 Å². The number of alkyl halides is 2. The Labute approximate surface area is 131 Å². The van der Waals surface area contributed by atoms with Crippen LogP contribution in [0.25, 0.3) is 0 Å². The van der Waals surface area contributed by atoms with E-state index in [1.165, 1.54) is 32.0 Å². The Morgan fingerprint density at radius 3 is 2.59 bits per heavy atom. The highest BCUT2D eigenvalue weighted by atomic mass is 35.5. The number of hydrogen-bond donors (Lipinski definition) is 2. The fourth-order valence-electron chi connectivity index (χ4n) is 1.57. The highest BCUT2D eigenvalue weighted by molar-refractivity contribution is 6.31. The van der Waals surface area contributed by atoms with Crippen LogP contribution in [-0.4, -0.2) is 30.1 Å². The Hall–Kier alpha value is -1.89. The van der Waals surface area contributed by atoms with E-state index in [0.717, 1.165) is 0 Å². The van der Waals surface area contributed by atoms with E-state index in [4.69, 9.17) is 16.7 Å². The van der Waals surface area contributed by atoms with E-state index in [1.54, 1.807) is 0 Å². The summed E-state index contributed by atoms with van der Waals surface area (Å²) in [7, 11) is 0. The van der Waals surface area contributed by atoms with Crippen LogP contribution in [0.4, 0.5) is 8.78 Å². The Kier molecular flexibility index (Phi) is 6.11. The molecule has 2 N–H and O–H groups in total. The van der Waals surface area contributed by atoms with Crippen LogP contribution in [-0.2, 0) is 4.79 Å². The molecule has 8 heteroatoms. The molecule has 1 aromatic carbocycles. The van der Waals surface area contributed by atoms with Gasteiger partial charge in [0.2, 0.25) is 0 Å². The van der Waals surface area contributed by atoms with Crippen LogP contribution in [0.1, 0.15) is 30.6 Å². The van der Waals surface area contributed by atoms with Crippen LogP contribution in [0.2, 0.25) is 5.02 Å². The number of carboxylic acids is 1. The van der Waals surface area contributed by atoms with Crippen LogP contribution in [0.3, 0.4) is 0 Å². The zero-order valence-electron chi connectivity index (χ0n) is 12.0. The number of nitrogens with one attached hydrogen (secondary N) is 1. The van der Waals surface area contributed by atoms with E-state index in [1.807, 2.05) is 0 Å². The van der Waals surface area contributed by atoms with Gasteiger partial charge in [-0.25, -0.2) is 0 Å². The number of carbonyl (C=O) groups is 2. The quantitative estimate of drug-likeness (QED) is 0.802. The molecule has 122 valence electrons. The maximum absolute atomic E-state index is 12.3. The maximum Gasteiger partial charge on any atom is 0.387 e. The van der Waals surface area contributed by atoms with Crippen LogP contribution >= 0.6 is 11.6 Å². The lowest BCUT2D eigenvalue weighted by atomic mass is 9.90. The summed E-state index contributed by atoms with van der Waals surface area (Å²) in [5, 5.41) is 11.6. The van der Waals surface area contributed by atoms with Gasteiger partial charge >= 0.3 is 12.6 Å². The second-order valence-electron chi connectivity index (χ2n) is 5.21. The third-order valence-corrected chi connectivity index (χ3v) is 3.25. The number of carbonyl (C=O) groups excluding carboxylic acids is 1. The van der Waals surface area contributed by atoms with Crippen molar-refractivity contribution in [3.63, 3.8) is 0 Å². The number of rotatable bonds is 7. The Morgan fingerprint density at radius 1 is 1.41 bits per heavy atom. The van der Waals surface area contributed by atoms with Gasteiger partial charge in [-0.15, -0.1) is 0 Å². The predicted molar refractivity (Wildman–Crippen MR) is 76.5 cm³/mol. The minimum absolute atomic E-state index is 0.0682. The summed E-state index contributed by atoms with van der Waals surface area (Å²) >= 11 is 5.74. The molecule has 0 radical (unpaired) electrons. The molecule has 1 amide bonds. The van der Waals surface area contributed by atoms with Crippen molar-refractivity contribution in [3.8, 4) is 5.75 Å². The number of carboxylic acid groups (broad SMARTS) is 1. The monoisotopic (exact) mass is 335 g/mol. The standard InChI is InChI=1S/C14H16ClF2NO4/c1-14(2,12(20)21)5-6-18-11(19)9-7-8(15)3-4-10(9)22-13(16)17/h3-4,7,13H,5-6H2,1-2H3,(H,18,19)(H,20,21). The molecule has 0 unspecified atom stereocenters. The summed E-state index contributed by atoms with van der Waals surface area (Å²) in [4.78, 5) is 23.0. The summed E-state index contributed by atoms with van der Waals surface area (Å²) in [6.07, 6.45) is 0.180. The molecule has 0 aliphatic carbocycles. The molecule has 0 atom stereocenters. The largest absolute Gasteiger partial charge is 0.481 e. The van der Waals surface area contributed by atoms with Gasteiger partial charge in [-0.05, 0) is 38.5 Å². The van der Waals surface area contributed by atoms with Crippen molar-refractivity contribution in [1.29, 1.82) is 0 Å². The Balaban J connectivity index is 2.77. The van der Waals surface area contributed by atoms with Gasteiger partial charge in [-0.1, -0.05) is 11.6 Å². The smallest absolute Gasteiger partial charge is 0.387 e. The lowest BCUT2D eigenvalue weighted by Crippen LogP contribution is -2.32. The first-order valence-electron chi connectivity index (χ1n) is 6.39. The maximum atomic E-state index is 12.3. The minimum Gasteiger partial charge on any atom is -0.481 e. The molecule has 5 nitrogen and oxygen atoms in total. The molecule has 0 aliphatic rings. The molecular formula is C14H16ClF2NO4. The summed E-state index contributed by atoms with van der Waals surface area (Å²) < 4.78 is 28.9. The fraction of sp³-hybridized carbons (Fsp3) is 0.429. The van der Waals surface area contributed by atoms with Crippen LogP contribution in [0.5, 0.6) is 5.75 Å². The molecule has 0 aliphatic heterocycles. The molecule has 0 saturated carbocycles. The number of halogens is 3. The van der Waals surface area contributed by atoms with Crippen LogP contribution < -0.4 is 10.1 Å². The van der Waals surface area contributed by atoms with Gasteiger partial charge in [0.15, 0.2) is 0 Å². The molecular weight excluding hydrogens is 320 g/mol. The Bertz CT molecular complexity index is 564. The summed E-state index contributed by atoms with van der Waals surface area (Å²) in [5.41, 5.74) is -1.15. The first-order chi connectivity index (χ1) is 10.1. The number of amides is 1. The van der Waals surface area contributed by atoms with Crippen molar-refractivity contribution in [2.45, 2.75) is 26.9 Å². The van der Waals surface area contributed by atoms with Gasteiger partial charge in [-0.3, -0.25) is 9.59 Å². The van der Waals surface area contributed by atoms with E-state index in [0.29, 0.717) is 0 Å². The topological polar surface area (TPSA) is 75.6 Å². The zero-order chi connectivity index (χ0) is 16.9. The van der Waals surface area contributed by atoms with Crippen LogP contribution in [0.15, 0.2) is 18.2 Å². The second-order valence-corrected chi connectivity index (χ2v) is 5.65. The van der Waals surface area contributed by atoms with E-state index in [-0.39, 0.29) is 29.3 Å². The number of aliphatic carboxylic acids is 1. The normalized spacial score (nSPS) is 11.4. The molecule has 22 heavy (non-hydrogen) atoms.